The molecule has 0 bridgehead atoms. The fourth-order valence-corrected chi connectivity index (χ4v) is 2.49. The van der Waals surface area contributed by atoms with Crippen LogP contribution in [-0.2, 0) is 0 Å². The summed E-state index contributed by atoms with van der Waals surface area (Å²) in [6.45, 7) is 7.16. The summed E-state index contributed by atoms with van der Waals surface area (Å²) in [7, 11) is 0. The fourth-order valence-electron chi connectivity index (χ4n) is 1.54. The summed E-state index contributed by atoms with van der Waals surface area (Å²) in [5.41, 5.74) is 1.31. The summed E-state index contributed by atoms with van der Waals surface area (Å²) in [6.07, 6.45) is 0.934. The molecule has 0 aromatic heterocycles. The van der Waals surface area contributed by atoms with E-state index in [0.29, 0.717) is 6.04 Å². The highest BCUT2D eigenvalue weighted by Gasteiger charge is 2.06. The van der Waals surface area contributed by atoms with E-state index in [-0.39, 0.29) is 0 Å². The van der Waals surface area contributed by atoms with Gasteiger partial charge in [0.05, 0.1) is 0 Å². The maximum Gasteiger partial charge on any atom is 0.0271 e. The molecule has 1 aromatic rings. The highest BCUT2D eigenvalue weighted by atomic mass is 32.2. The first-order chi connectivity index (χ1) is 8.26. The molecular weight excluding hydrogens is 226 g/mol. The van der Waals surface area contributed by atoms with E-state index in [1.54, 1.807) is 0 Å². The van der Waals surface area contributed by atoms with Crippen LogP contribution in [0.4, 0.5) is 0 Å². The first-order valence-corrected chi connectivity index (χ1v) is 7.07. The zero-order chi connectivity index (χ0) is 12.5. The summed E-state index contributed by atoms with van der Waals surface area (Å²) in [6, 6.07) is 9.19. The van der Waals surface area contributed by atoms with Crippen molar-refractivity contribution in [3.05, 3.63) is 29.8 Å². The van der Waals surface area contributed by atoms with E-state index in [2.05, 4.69) is 55.3 Å². The van der Waals surface area contributed by atoms with Crippen molar-refractivity contribution < 1.29 is 0 Å². The lowest BCUT2D eigenvalue weighted by Gasteiger charge is -2.14. The average Bonchev–Trinajstić information content (AvgIpc) is 2.35. The number of nitrogens with one attached hydrogen (secondary N) is 1. The average molecular weight is 247 g/mol. The minimum Gasteiger partial charge on any atom is -0.312 e. The minimum absolute atomic E-state index is 0.485. The van der Waals surface area contributed by atoms with Gasteiger partial charge in [0.1, 0.15) is 0 Å². The first-order valence-electron chi connectivity index (χ1n) is 6.08. The monoisotopic (exact) mass is 247 g/mol. The third-order valence-corrected chi connectivity index (χ3v) is 3.66. The Morgan fingerprint density at radius 2 is 2.00 bits per heavy atom. The topological polar surface area (TPSA) is 12.0 Å². The fraction of sp³-hybridized carbons (Fsp3) is 0.467. The maximum atomic E-state index is 3.48. The normalized spacial score (nSPS) is 11.7. The van der Waals surface area contributed by atoms with Gasteiger partial charge in [0.15, 0.2) is 0 Å². The van der Waals surface area contributed by atoms with E-state index in [0.717, 1.165) is 18.7 Å². The van der Waals surface area contributed by atoms with Crippen LogP contribution in [0.25, 0.3) is 0 Å². The largest absolute Gasteiger partial charge is 0.312 e. The molecule has 1 unspecified atom stereocenters. The molecule has 1 N–H and O–H groups in total. The van der Waals surface area contributed by atoms with Crippen molar-refractivity contribution in [1.82, 2.24) is 5.32 Å². The number of aryl methyl sites for hydroxylation is 1. The predicted molar refractivity (Wildman–Crippen MR) is 77.4 cm³/mol. The molecule has 1 atom stereocenters. The third-order valence-electron chi connectivity index (χ3n) is 2.49. The Kier molecular flexibility index (Phi) is 6.84. The molecule has 17 heavy (non-hydrogen) atoms. The summed E-state index contributed by atoms with van der Waals surface area (Å²) < 4.78 is 0. The van der Waals surface area contributed by atoms with E-state index in [1.165, 1.54) is 10.5 Å². The predicted octanol–water partition coefficient (Wildman–Crippen LogP) is 3.48. The van der Waals surface area contributed by atoms with Crippen LogP contribution in [0.15, 0.2) is 29.2 Å². The Balaban J connectivity index is 2.44. The molecule has 0 fully saturated rings. The smallest absolute Gasteiger partial charge is 0.0271 e. The minimum atomic E-state index is 0.485. The van der Waals surface area contributed by atoms with Crippen molar-refractivity contribution in [3.8, 4) is 11.8 Å². The van der Waals surface area contributed by atoms with Crippen molar-refractivity contribution in [2.24, 2.45) is 0 Å². The standard InChI is InChI=1S/C15H21NS/c1-4-6-7-14(16-5-2)12-17-15-10-8-13(3)9-11-15/h8-11,14,16H,5,7,12H2,1-3H3. The maximum absolute atomic E-state index is 3.48. The van der Waals surface area contributed by atoms with Crippen LogP contribution in [0.1, 0.15) is 25.8 Å². The molecule has 0 aliphatic rings. The van der Waals surface area contributed by atoms with Crippen LogP contribution in [0.3, 0.4) is 0 Å². The molecule has 0 saturated heterocycles. The number of benzene rings is 1. The van der Waals surface area contributed by atoms with Crippen LogP contribution in [0.5, 0.6) is 0 Å². The van der Waals surface area contributed by atoms with Crippen LogP contribution >= 0.6 is 11.8 Å². The van der Waals surface area contributed by atoms with Gasteiger partial charge in [0, 0.05) is 23.1 Å². The highest BCUT2D eigenvalue weighted by molar-refractivity contribution is 7.99. The number of rotatable bonds is 6. The Bertz CT molecular complexity index is 372. The van der Waals surface area contributed by atoms with E-state index in [4.69, 9.17) is 0 Å². The zero-order valence-electron chi connectivity index (χ0n) is 10.9. The van der Waals surface area contributed by atoms with Gasteiger partial charge in [-0.1, -0.05) is 24.6 Å². The van der Waals surface area contributed by atoms with Crippen molar-refractivity contribution >= 4 is 11.8 Å². The van der Waals surface area contributed by atoms with Crippen LogP contribution in [-0.4, -0.2) is 18.3 Å². The summed E-state index contributed by atoms with van der Waals surface area (Å²) in [5, 5.41) is 3.48. The Morgan fingerprint density at radius 1 is 1.29 bits per heavy atom. The lowest BCUT2D eigenvalue weighted by molar-refractivity contribution is 0.588. The van der Waals surface area contributed by atoms with Crippen LogP contribution < -0.4 is 5.32 Å². The van der Waals surface area contributed by atoms with Gasteiger partial charge < -0.3 is 5.32 Å². The molecule has 1 nitrogen and oxygen atoms in total. The van der Waals surface area contributed by atoms with Crippen molar-refractivity contribution in [2.75, 3.05) is 12.3 Å². The zero-order valence-corrected chi connectivity index (χ0v) is 11.7. The van der Waals surface area contributed by atoms with Crippen LogP contribution in [0, 0.1) is 18.8 Å². The molecule has 0 heterocycles. The summed E-state index contributed by atoms with van der Waals surface area (Å²) in [4.78, 5) is 1.34. The van der Waals surface area contributed by atoms with Gasteiger partial charge in [0.25, 0.3) is 0 Å². The molecular formula is C15H21NS. The molecule has 0 aliphatic carbocycles. The molecule has 1 rings (SSSR count). The van der Waals surface area contributed by atoms with Crippen molar-refractivity contribution in [1.29, 1.82) is 0 Å². The Morgan fingerprint density at radius 3 is 2.59 bits per heavy atom. The molecule has 0 amide bonds. The molecule has 1 aromatic carbocycles. The second-order valence-corrected chi connectivity index (χ2v) is 5.10. The number of hydrogen-bond acceptors (Lipinski definition) is 2. The quantitative estimate of drug-likeness (QED) is 0.610. The van der Waals surface area contributed by atoms with E-state index in [9.17, 15) is 0 Å². The molecule has 0 radical (unpaired) electrons. The second-order valence-electron chi connectivity index (χ2n) is 4.01. The van der Waals surface area contributed by atoms with Gasteiger partial charge in [-0.05, 0) is 32.5 Å². The molecule has 0 saturated carbocycles. The second kappa shape index (κ2) is 8.22. The molecule has 0 spiro atoms. The molecule has 92 valence electrons. The lowest BCUT2D eigenvalue weighted by Crippen LogP contribution is -2.30. The third kappa shape index (κ3) is 5.81. The summed E-state index contributed by atoms with van der Waals surface area (Å²) >= 11 is 1.90. The van der Waals surface area contributed by atoms with Crippen molar-refractivity contribution in [3.63, 3.8) is 0 Å². The van der Waals surface area contributed by atoms with Crippen LogP contribution in [0.2, 0.25) is 0 Å². The van der Waals surface area contributed by atoms with Gasteiger partial charge in [0.2, 0.25) is 0 Å². The molecule has 0 aliphatic heterocycles. The highest BCUT2D eigenvalue weighted by Crippen LogP contribution is 2.19. The van der Waals surface area contributed by atoms with Gasteiger partial charge >= 0.3 is 0 Å². The van der Waals surface area contributed by atoms with Crippen molar-refractivity contribution in [2.45, 2.75) is 38.1 Å². The number of hydrogen-bond donors (Lipinski definition) is 1. The SMILES string of the molecule is CC#CCC(CSc1ccc(C)cc1)NCC. The summed E-state index contributed by atoms with van der Waals surface area (Å²) in [5.74, 6) is 7.19. The Labute approximate surface area is 109 Å². The Hall–Kier alpha value is -0.910. The van der Waals surface area contributed by atoms with E-state index in [1.807, 2.05) is 18.7 Å². The van der Waals surface area contributed by atoms with Gasteiger partial charge in [-0.3, -0.25) is 0 Å². The van der Waals surface area contributed by atoms with Gasteiger partial charge in [-0.15, -0.1) is 23.6 Å². The lowest BCUT2D eigenvalue weighted by atomic mass is 10.2. The number of thioether (sulfide) groups is 1. The van der Waals surface area contributed by atoms with E-state index >= 15 is 0 Å². The molecule has 2 heteroatoms. The first kappa shape index (κ1) is 14.2. The van der Waals surface area contributed by atoms with E-state index < -0.39 is 0 Å². The van der Waals surface area contributed by atoms with Gasteiger partial charge in [-0.25, -0.2) is 0 Å². The van der Waals surface area contributed by atoms with Gasteiger partial charge in [-0.2, -0.15) is 0 Å².